The van der Waals surface area contributed by atoms with Crippen LogP contribution < -0.4 is 15.0 Å². The van der Waals surface area contributed by atoms with Crippen LogP contribution in [0.5, 0.6) is 5.75 Å². The van der Waals surface area contributed by atoms with E-state index in [0.29, 0.717) is 18.9 Å². The van der Waals surface area contributed by atoms with Crippen LogP contribution >= 0.6 is 15.9 Å². The maximum atomic E-state index is 12.3. The summed E-state index contributed by atoms with van der Waals surface area (Å²) in [5, 5.41) is 2.98. The fourth-order valence-electron chi connectivity index (χ4n) is 3.53. The maximum absolute atomic E-state index is 12.3. The Morgan fingerprint density at radius 3 is 2.71 bits per heavy atom. The van der Waals surface area contributed by atoms with E-state index < -0.39 is 0 Å². The van der Waals surface area contributed by atoms with Gasteiger partial charge in [-0.05, 0) is 67.3 Å². The smallest absolute Gasteiger partial charge is 0.224 e. The number of amides is 1. The molecule has 1 amide bonds. The number of nitrogens with one attached hydrogen (secondary N) is 1. The SMILES string of the molecule is COc1ccc(Br)cc1CCC(=O)Nc1ccc(N2CCCC(OC)C2)cc1. The predicted octanol–water partition coefficient (Wildman–Crippen LogP) is 4.64. The van der Waals surface area contributed by atoms with Crippen molar-refractivity contribution >= 4 is 33.2 Å². The Balaban J connectivity index is 1.54. The van der Waals surface area contributed by atoms with E-state index in [1.807, 2.05) is 30.3 Å². The summed E-state index contributed by atoms with van der Waals surface area (Å²) in [6.45, 7) is 1.96. The number of ether oxygens (including phenoxy) is 2. The molecule has 1 N–H and O–H groups in total. The molecule has 0 aromatic heterocycles. The Kier molecular flexibility index (Phi) is 7.34. The first kappa shape index (κ1) is 20.7. The van der Waals surface area contributed by atoms with Gasteiger partial charge in [0, 0.05) is 42.5 Å². The number of nitrogens with zero attached hydrogens (tertiary/aromatic N) is 1. The number of carbonyl (C=O) groups excluding carboxylic acids is 1. The van der Waals surface area contributed by atoms with Gasteiger partial charge in [0.15, 0.2) is 0 Å². The van der Waals surface area contributed by atoms with E-state index >= 15 is 0 Å². The van der Waals surface area contributed by atoms with Gasteiger partial charge in [-0.2, -0.15) is 0 Å². The van der Waals surface area contributed by atoms with Crippen molar-refractivity contribution < 1.29 is 14.3 Å². The number of hydrogen-bond donors (Lipinski definition) is 1. The number of piperidine rings is 1. The number of carbonyl (C=O) groups is 1. The Morgan fingerprint density at radius 1 is 1.21 bits per heavy atom. The fraction of sp³-hybridized carbons (Fsp3) is 0.409. The highest BCUT2D eigenvalue weighted by atomic mass is 79.9. The van der Waals surface area contributed by atoms with Gasteiger partial charge in [0.05, 0.1) is 13.2 Å². The van der Waals surface area contributed by atoms with Crippen molar-refractivity contribution in [3.63, 3.8) is 0 Å². The summed E-state index contributed by atoms with van der Waals surface area (Å²) in [7, 11) is 3.42. The lowest BCUT2D eigenvalue weighted by Crippen LogP contribution is -2.39. The Hall–Kier alpha value is -2.05. The summed E-state index contributed by atoms with van der Waals surface area (Å²) >= 11 is 3.47. The van der Waals surface area contributed by atoms with Crippen LogP contribution in [0.4, 0.5) is 11.4 Å². The lowest BCUT2D eigenvalue weighted by molar-refractivity contribution is -0.116. The van der Waals surface area contributed by atoms with Gasteiger partial charge in [-0.25, -0.2) is 0 Å². The summed E-state index contributed by atoms with van der Waals surface area (Å²) in [6.07, 6.45) is 3.57. The largest absolute Gasteiger partial charge is 0.496 e. The van der Waals surface area contributed by atoms with Crippen molar-refractivity contribution in [2.45, 2.75) is 31.8 Å². The zero-order valence-electron chi connectivity index (χ0n) is 16.4. The van der Waals surface area contributed by atoms with E-state index in [-0.39, 0.29) is 5.91 Å². The standard InChI is InChI=1S/C22H27BrN2O3/c1-27-20-4-3-13-25(15-20)19-9-7-18(8-10-19)24-22(26)12-5-16-14-17(23)6-11-21(16)28-2/h6-11,14,20H,3-5,12-13,15H2,1-2H3,(H,24,26). The summed E-state index contributed by atoms with van der Waals surface area (Å²) < 4.78 is 11.8. The second-order valence-electron chi connectivity index (χ2n) is 7.00. The van der Waals surface area contributed by atoms with Crippen LogP contribution in [0.1, 0.15) is 24.8 Å². The van der Waals surface area contributed by atoms with Gasteiger partial charge >= 0.3 is 0 Å². The highest BCUT2D eigenvalue weighted by Crippen LogP contribution is 2.25. The number of rotatable bonds is 7. The van der Waals surface area contributed by atoms with Crippen molar-refractivity contribution in [3.05, 3.63) is 52.5 Å². The van der Waals surface area contributed by atoms with Crippen molar-refractivity contribution in [1.29, 1.82) is 0 Å². The van der Waals surface area contributed by atoms with Gasteiger partial charge in [0.1, 0.15) is 5.75 Å². The Labute approximate surface area is 175 Å². The van der Waals surface area contributed by atoms with Gasteiger partial charge in [-0.15, -0.1) is 0 Å². The van der Waals surface area contributed by atoms with Crippen molar-refractivity contribution in [3.8, 4) is 5.75 Å². The first-order valence-corrected chi connectivity index (χ1v) is 10.4. The summed E-state index contributed by atoms with van der Waals surface area (Å²) in [5.74, 6) is 0.795. The summed E-state index contributed by atoms with van der Waals surface area (Å²) in [6, 6.07) is 13.9. The third-order valence-electron chi connectivity index (χ3n) is 5.09. The molecule has 28 heavy (non-hydrogen) atoms. The molecule has 1 aliphatic rings. The molecule has 1 fully saturated rings. The molecular formula is C22H27BrN2O3. The molecule has 1 heterocycles. The van der Waals surface area contributed by atoms with E-state index in [9.17, 15) is 4.79 Å². The minimum Gasteiger partial charge on any atom is -0.496 e. The zero-order valence-corrected chi connectivity index (χ0v) is 18.0. The van der Waals surface area contributed by atoms with E-state index in [1.165, 1.54) is 5.69 Å². The third kappa shape index (κ3) is 5.49. The average molecular weight is 447 g/mol. The molecule has 1 atom stereocenters. The van der Waals surface area contributed by atoms with Crippen LogP contribution in [0.2, 0.25) is 0 Å². The number of hydrogen-bond acceptors (Lipinski definition) is 4. The van der Waals surface area contributed by atoms with E-state index in [0.717, 1.165) is 47.4 Å². The third-order valence-corrected chi connectivity index (χ3v) is 5.58. The Bertz CT molecular complexity index is 795. The van der Waals surface area contributed by atoms with Gasteiger partial charge in [-0.1, -0.05) is 15.9 Å². The summed E-state index contributed by atoms with van der Waals surface area (Å²) in [5.41, 5.74) is 2.99. The van der Waals surface area contributed by atoms with E-state index in [4.69, 9.17) is 9.47 Å². The first-order chi connectivity index (χ1) is 13.6. The minimum atomic E-state index is -0.00722. The molecule has 0 saturated carbocycles. The lowest BCUT2D eigenvalue weighted by Gasteiger charge is -2.33. The number of methoxy groups -OCH3 is 2. The monoisotopic (exact) mass is 446 g/mol. The van der Waals surface area contributed by atoms with Gasteiger partial charge in [-0.3, -0.25) is 4.79 Å². The maximum Gasteiger partial charge on any atom is 0.224 e. The molecule has 6 heteroatoms. The highest BCUT2D eigenvalue weighted by Gasteiger charge is 2.19. The number of aryl methyl sites for hydroxylation is 1. The van der Waals surface area contributed by atoms with E-state index in [2.05, 4.69) is 38.3 Å². The van der Waals surface area contributed by atoms with Crippen molar-refractivity contribution in [2.24, 2.45) is 0 Å². The molecule has 1 unspecified atom stereocenters. The average Bonchev–Trinajstić information content (AvgIpc) is 2.73. The molecule has 2 aromatic rings. The molecule has 1 aliphatic heterocycles. The molecule has 1 saturated heterocycles. The summed E-state index contributed by atoms with van der Waals surface area (Å²) in [4.78, 5) is 14.7. The topological polar surface area (TPSA) is 50.8 Å². The second-order valence-corrected chi connectivity index (χ2v) is 7.91. The molecule has 0 bridgehead atoms. The minimum absolute atomic E-state index is 0.00722. The molecule has 0 radical (unpaired) electrons. The molecular weight excluding hydrogens is 420 g/mol. The van der Waals surface area contributed by atoms with Crippen LogP contribution in [0.25, 0.3) is 0 Å². The van der Waals surface area contributed by atoms with Crippen LogP contribution in [0, 0.1) is 0 Å². The molecule has 0 aliphatic carbocycles. The molecule has 5 nitrogen and oxygen atoms in total. The number of anilines is 2. The lowest BCUT2D eigenvalue weighted by atomic mass is 10.1. The van der Waals surface area contributed by atoms with Gasteiger partial charge in [0.25, 0.3) is 0 Å². The second kappa shape index (κ2) is 9.94. The number of benzene rings is 2. The zero-order chi connectivity index (χ0) is 19.9. The van der Waals surface area contributed by atoms with Crippen molar-refractivity contribution in [1.82, 2.24) is 0 Å². The normalized spacial score (nSPS) is 16.7. The van der Waals surface area contributed by atoms with E-state index in [1.54, 1.807) is 14.2 Å². The fourth-order valence-corrected chi connectivity index (χ4v) is 3.94. The van der Waals surface area contributed by atoms with Crippen LogP contribution in [0.3, 0.4) is 0 Å². The predicted molar refractivity (Wildman–Crippen MR) is 116 cm³/mol. The molecule has 150 valence electrons. The molecule has 3 rings (SSSR count). The first-order valence-electron chi connectivity index (χ1n) is 9.59. The molecule has 0 spiro atoms. The van der Waals surface area contributed by atoms with Gasteiger partial charge in [0.2, 0.25) is 5.91 Å². The quantitative estimate of drug-likeness (QED) is 0.672. The van der Waals surface area contributed by atoms with Gasteiger partial charge < -0.3 is 19.7 Å². The van der Waals surface area contributed by atoms with Crippen LogP contribution in [-0.4, -0.2) is 39.3 Å². The number of halogens is 1. The molecule has 2 aromatic carbocycles. The van der Waals surface area contributed by atoms with Crippen LogP contribution in [0.15, 0.2) is 46.9 Å². The Morgan fingerprint density at radius 2 is 2.00 bits per heavy atom. The highest BCUT2D eigenvalue weighted by molar-refractivity contribution is 9.10. The van der Waals surface area contributed by atoms with Crippen molar-refractivity contribution in [2.75, 3.05) is 37.5 Å². The van der Waals surface area contributed by atoms with Crippen LogP contribution in [-0.2, 0) is 16.0 Å².